The summed E-state index contributed by atoms with van der Waals surface area (Å²) in [6.45, 7) is 0.224. The predicted octanol–water partition coefficient (Wildman–Crippen LogP) is 5.61. The van der Waals surface area contributed by atoms with Gasteiger partial charge in [0.15, 0.2) is 11.5 Å². The number of carbonyl (C=O) groups excluding carboxylic acids is 1. The zero-order valence-electron chi connectivity index (χ0n) is 19.6. The molecular formula is C27H28ClN3O3S. The van der Waals surface area contributed by atoms with Crippen molar-refractivity contribution in [2.45, 2.75) is 56.7 Å². The van der Waals surface area contributed by atoms with Gasteiger partial charge in [0.25, 0.3) is 0 Å². The summed E-state index contributed by atoms with van der Waals surface area (Å²) in [5.41, 5.74) is 5.85. The van der Waals surface area contributed by atoms with Gasteiger partial charge in [0.05, 0.1) is 17.6 Å². The minimum Gasteiger partial charge on any atom is -0.454 e. The van der Waals surface area contributed by atoms with Crippen molar-refractivity contribution < 1.29 is 14.3 Å². The molecule has 3 aromatic rings. The number of nitrogens with zero attached hydrogens (tertiary/aromatic N) is 2. The summed E-state index contributed by atoms with van der Waals surface area (Å²) in [6, 6.07) is 11.6. The van der Waals surface area contributed by atoms with Crippen molar-refractivity contribution in [2.75, 3.05) is 13.8 Å². The number of hydrogen-bond donors (Lipinski definition) is 1. The number of rotatable bonds is 4. The number of aromatic amines is 1. The number of ether oxygens (including phenoxy) is 2. The lowest BCUT2D eigenvalue weighted by atomic mass is 9.87. The first-order chi connectivity index (χ1) is 17.0. The molecule has 2 unspecified atom stereocenters. The van der Waals surface area contributed by atoms with Crippen LogP contribution in [-0.2, 0) is 11.2 Å². The van der Waals surface area contributed by atoms with Gasteiger partial charge in [-0.3, -0.25) is 9.69 Å². The van der Waals surface area contributed by atoms with E-state index >= 15 is 0 Å². The summed E-state index contributed by atoms with van der Waals surface area (Å²) in [5, 5.41) is 1.75. The second kappa shape index (κ2) is 9.12. The van der Waals surface area contributed by atoms with E-state index in [2.05, 4.69) is 16.0 Å². The fraction of sp³-hybridized carbons (Fsp3) is 0.407. The number of fused-ring (bicyclic) bond motifs is 4. The first kappa shape index (κ1) is 22.8. The van der Waals surface area contributed by atoms with E-state index in [1.54, 1.807) is 5.49 Å². The Hall–Kier alpha value is -2.61. The Morgan fingerprint density at radius 1 is 1.14 bits per heavy atom. The maximum absolute atomic E-state index is 14.0. The standard InChI is InChI=1S/C27H28ClN3O3S/c1-30-22(27(32)31(14-35)18-5-3-2-4-6-18)13-20-19-12-17(28)8-9-21(19)29-25(20)26(30)16-7-10-23-24(11-16)34-15-33-23/h7-12,14,18,22,26,29H,2-6,13,15H2,1H3. The SMILES string of the molecule is CN1C(C(=O)N(C=S)C2CCCCC2)Cc2c([nH]c3ccc(Cl)cc23)C1c1ccc2c(c1)OCO2. The summed E-state index contributed by atoms with van der Waals surface area (Å²) in [4.78, 5) is 21.7. The van der Waals surface area contributed by atoms with Gasteiger partial charge < -0.3 is 19.4 Å². The van der Waals surface area contributed by atoms with Gasteiger partial charge >= 0.3 is 0 Å². The van der Waals surface area contributed by atoms with Crippen LogP contribution in [0, 0.1) is 0 Å². The van der Waals surface area contributed by atoms with Crippen LogP contribution in [0.2, 0.25) is 5.02 Å². The molecule has 3 heterocycles. The van der Waals surface area contributed by atoms with Crippen molar-refractivity contribution in [3.05, 3.63) is 58.2 Å². The predicted molar refractivity (Wildman–Crippen MR) is 140 cm³/mol. The van der Waals surface area contributed by atoms with E-state index in [0.717, 1.165) is 64.9 Å². The Balaban J connectivity index is 1.45. The number of H-pyrrole nitrogens is 1. The number of nitrogens with one attached hydrogen (secondary N) is 1. The highest BCUT2D eigenvalue weighted by atomic mass is 35.5. The molecule has 1 aliphatic carbocycles. The first-order valence-corrected chi connectivity index (χ1v) is 13.1. The molecule has 1 aromatic heterocycles. The molecule has 0 spiro atoms. The molecule has 8 heteroatoms. The first-order valence-electron chi connectivity index (χ1n) is 12.2. The van der Waals surface area contributed by atoms with Gasteiger partial charge in [0, 0.05) is 27.7 Å². The Kier molecular flexibility index (Phi) is 5.95. The number of likely N-dealkylation sites (N-methyl/N-ethyl adjacent to an activating group) is 1. The highest BCUT2D eigenvalue weighted by molar-refractivity contribution is 7.78. The van der Waals surface area contributed by atoms with Gasteiger partial charge in [-0.25, -0.2) is 0 Å². The number of aromatic nitrogens is 1. The number of amides is 1. The Labute approximate surface area is 215 Å². The Morgan fingerprint density at radius 3 is 2.74 bits per heavy atom. The van der Waals surface area contributed by atoms with Crippen LogP contribution >= 0.6 is 23.8 Å². The molecule has 6 nitrogen and oxygen atoms in total. The highest BCUT2D eigenvalue weighted by Crippen LogP contribution is 2.43. The summed E-state index contributed by atoms with van der Waals surface area (Å²) >= 11 is 11.8. The highest BCUT2D eigenvalue weighted by Gasteiger charge is 2.41. The number of hydrogen-bond acceptors (Lipinski definition) is 5. The maximum Gasteiger partial charge on any atom is 0.245 e. The average molecular weight is 510 g/mol. The molecular weight excluding hydrogens is 482 g/mol. The average Bonchev–Trinajstić information content (AvgIpc) is 3.48. The van der Waals surface area contributed by atoms with Crippen LogP contribution in [0.4, 0.5) is 0 Å². The normalized spacial score (nSPS) is 22.2. The molecule has 1 fully saturated rings. The van der Waals surface area contributed by atoms with E-state index in [4.69, 9.17) is 33.3 Å². The molecule has 1 amide bonds. The van der Waals surface area contributed by atoms with Crippen molar-refractivity contribution >= 4 is 46.1 Å². The minimum atomic E-state index is -0.350. The monoisotopic (exact) mass is 509 g/mol. The fourth-order valence-corrected chi connectivity index (χ4v) is 6.46. The van der Waals surface area contributed by atoms with E-state index in [9.17, 15) is 4.79 Å². The topological polar surface area (TPSA) is 57.8 Å². The summed E-state index contributed by atoms with van der Waals surface area (Å²) in [7, 11) is 2.03. The lowest BCUT2D eigenvalue weighted by Gasteiger charge is -2.42. The summed E-state index contributed by atoms with van der Waals surface area (Å²) in [6.07, 6.45) is 6.12. The number of carbonyl (C=O) groups is 1. The van der Waals surface area contributed by atoms with Gasteiger partial charge in [-0.1, -0.05) is 49.1 Å². The van der Waals surface area contributed by atoms with Gasteiger partial charge in [-0.15, -0.1) is 0 Å². The molecule has 0 radical (unpaired) electrons. The molecule has 2 atom stereocenters. The molecule has 0 saturated heterocycles. The third-order valence-electron chi connectivity index (χ3n) is 7.80. The largest absolute Gasteiger partial charge is 0.454 e. The van der Waals surface area contributed by atoms with E-state index < -0.39 is 0 Å². The Bertz CT molecular complexity index is 1300. The molecule has 2 aromatic carbocycles. The molecule has 35 heavy (non-hydrogen) atoms. The zero-order valence-corrected chi connectivity index (χ0v) is 21.2. The molecule has 3 aliphatic rings. The van der Waals surface area contributed by atoms with Crippen molar-refractivity contribution in [3.63, 3.8) is 0 Å². The molecule has 1 saturated carbocycles. The van der Waals surface area contributed by atoms with Crippen molar-refractivity contribution in [1.29, 1.82) is 0 Å². The van der Waals surface area contributed by atoms with Gasteiger partial charge in [-0.2, -0.15) is 0 Å². The molecule has 1 N–H and O–H groups in total. The molecule has 6 rings (SSSR count). The fourth-order valence-electron chi connectivity index (χ4n) is 6.01. The van der Waals surface area contributed by atoms with Crippen LogP contribution in [0.3, 0.4) is 0 Å². The van der Waals surface area contributed by atoms with Crippen LogP contribution in [0.5, 0.6) is 11.5 Å². The second-order valence-corrected chi connectivity index (χ2v) is 10.4. The van der Waals surface area contributed by atoms with Crippen molar-refractivity contribution in [3.8, 4) is 11.5 Å². The third-order valence-corrected chi connectivity index (χ3v) is 8.27. The van der Waals surface area contributed by atoms with Gasteiger partial charge in [-0.05, 0) is 67.8 Å². The smallest absolute Gasteiger partial charge is 0.245 e. The van der Waals surface area contributed by atoms with Crippen LogP contribution in [0.25, 0.3) is 10.9 Å². The van der Waals surface area contributed by atoms with Crippen LogP contribution < -0.4 is 9.47 Å². The van der Waals surface area contributed by atoms with Crippen molar-refractivity contribution in [1.82, 2.24) is 14.8 Å². The quantitative estimate of drug-likeness (QED) is 0.463. The van der Waals surface area contributed by atoms with Crippen LogP contribution in [0.1, 0.15) is 55.0 Å². The van der Waals surface area contributed by atoms with E-state index in [1.165, 1.54) is 6.42 Å². The minimum absolute atomic E-state index is 0.0715. The maximum atomic E-state index is 14.0. The van der Waals surface area contributed by atoms with Crippen LogP contribution in [0.15, 0.2) is 36.4 Å². The summed E-state index contributed by atoms with van der Waals surface area (Å²) in [5.74, 6) is 1.54. The number of thiocarbonyl (C=S) groups is 1. The molecule has 182 valence electrons. The van der Waals surface area contributed by atoms with E-state index in [0.29, 0.717) is 11.4 Å². The van der Waals surface area contributed by atoms with E-state index in [1.807, 2.05) is 42.3 Å². The lowest BCUT2D eigenvalue weighted by molar-refractivity contribution is -0.135. The van der Waals surface area contributed by atoms with E-state index in [-0.39, 0.29) is 30.8 Å². The third kappa shape index (κ3) is 3.90. The second-order valence-electron chi connectivity index (χ2n) is 9.75. The zero-order chi connectivity index (χ0) is 24.1. The molecule has 2 aliphatic heterocycles. The Morgan fingerprint density at radius 2 is 1.94 bits per heavy atom. The van der Waals surface area contributed by atoms with Gasteiger partial charge in [0.1, 0.15) is 0 Å². The van der Waals surface area contributed by atoms with Crippen molar-refractivity contribution in [2.24, 2.45) is 0 Å². The van der Waals surface area contributed by atoms with Gasteiger partial charge in [0.2, 0.25) is 12.7 Å². The summed E-state index contributed by atoms with van der Waals surface area (Å²) < 4.78 is 11.2. The van der Waals surface area contributed by atoms with Crippen LogP contribution in [-0.4, -0.2) is 52.1 Å². The lowest BCUT2D eigenvalue weighted by Crippen LogP contribution is -2.54. The molecule has 0 bridgehead atoms. The number of benzene rings is 2. The number of halogens is 1.